The Bertz CT molecular complexity index is 3150. The van der Waals surface area contributed by atoms with Gasteiger partial charge < -0.3 is 9.80 Å². The molecular weight excluding hydrogens is 845 g/mol. The fourth-order valence-corrected chi connectivity index (χ4v) is 9.73. The smallest absolute Gasteiger partial charge is 0.0462 e. The molecule has 0 aliphatic heterocycles. The predicted octanol–water partition coefficient (Wildman–Crippen LogP) is 19.4. The molecule has 0 N–H and O–H groups in total. The number of benzene rings is 10. The molecule has 2 heteroatoms. The summed E-state index contributed by atoms with van der Waals surface area (Å²) in [6.45, 7) is 9.23. The minimum Gasteiger partial charge on any atom is -0.311 e. The normalized spacial score (nSPS) is 11.2. The summed E-state index contributed by atoms with van der Waals surface area (Å²) in [5.41, 5.74) is 21.6. The maximum atomic E-state index is 2.45. The number of rotatable bonds is 15. The molecule has 0 aliphatic rings. The lowest BCUT2D eigenvalue weighted by Crippen LogP contribution is -2.10. The van der Waals surface area contributed by atoms with Crippen molar-refractivity contribution < 1.29 is 0 Å². The van der Waals surface area contributed by atoms with Crippen LogP contribution in [0.2, 0.25) is 0 Å². The van der Waals surface area contributed by atoms with Crippen molar-refractivity contribution in [1.82, 2.24) is 0 Å². The summed E-state index contributed by atoms with van der Waals surface area (Å²) in [7, 11) is 0. The molecular formula is C68H60N2. The second-order valence-corrected chi connectivity index (χ2v) is 19.2. The summed E-state index contributed by atoms with van der Waals surface area (Å²) in [5, 5.41) is 0. The highest BCUT2D eigenvalue weighted by atomic mass is 15.1. The first-order valence-electron chi connectivity index (χ1n) is 24.8. The van der Waals surface area contributed by atoms with Crippen LogP contribution < -0.4 is 9.80 Å². The van der Waals surface area contributed by atoms with Gasteiger partial charge in [-0.15, -0.1) is 0 Å². The Hall–Kier alpha value is -8.20. The van der Waals surface area contributed by atoms with Crippen LogP contribution in [0, 0.1) is 11.8 Å². The van der Waals surface area contributed by atoms with E-state index in [1.54, 1.807) is 0 Å². The topological polar surface area (TPSA) is 6.48 Å². The maximum absolute atomic E-state index is 2.45. The van der Waals surface area contributed by atoms with Gasteiger partial charge >= 0.3 is 0 Å². The highest BCUT2D eigenvalue weighted by Crippen LogP contribution is 2.41. The van der Waals surface area contributed by atoms with Crippen LogP contribution in [-0.4, -0.2) is 0 Å². The van der Waals surface area contributed by atoms with Gasteiger partial charge in [-0.1, -0.05) is 210 Å². The molecule has 0 aromatic heterocycles. The highest BCUT2D eigenvalue weighted by Gasteiger charge is 2.17. The second-order valence-electron chi connectivity index (χ2n) is 19.2. The van der Waals surface area contributed by atoms with Gasteiger partial charge in [0, 0.05) is 34.1 Å². The number of anilines is 6. The number of hydrogen-bond acceptors (Lipinski definition) is 2. The van der Waals surface area contributed by atoms with E-state index in [1.165, 1.54) is 55.6 Å². The van der Waals surface area contributed by atoms with E-state index >= 15 is 0 Å². The quantitative estimate of drug-likeness (QED) is 0.101. The summed E-state index contributed by atoms with van der Waals surface area (Å²) >= 11 is 0. The molecule has 0 bridgehead atoms. The molecule has 0 heterocycles. The Balaban J connectivity index is 0.962. The van der Waals surface area contributed by atoms with Gasteiger partial charge in [-0.2, -0.15) is 0 Å². The molecule has 0 amide bonds. The van der Waals surface area contributed by atoms with Crippen LogP contribution in [0.4, 0.5) is 34.1 Å². The van der Waals surface area contributed by atoms with E-state index in [1.807, 2.05) is 0 Å². The summed E-state index contributed by atoms with van der Waals surface area (Å²) < 4.78 is 0. The first-order valence-corrected chi connectivity index (χ1v) is 24.8. The third kappa shape index (κ3) is 10.4. The van der Waals surface area contributed by atoms with Gasteiger partial charge in [0.25, 0.3) is 0 Å². The van der Waals surface area contributed by atoms with Crippen molar-refractivity contribution in [1.29, 1.82) is 0 Å². The lowest BCUT2D eigenvalue weighted by Gasteiger charge is -2.27. The zero-order valence-corrected chi connectivity index (χ0v) is 40.7. The molecule has 10 aromatic rings. The van der Waals surface area contributed by atoms with Gasteiger partial charge in [0.1, 0.15) is 0 Å². The Morgan fingerprint density at radius 2 is 0.514 bits per heavy atom. The molecule has 0 saturated carbocycles. The first kappa shape index (κ1) is 45.6. The number of hydrogen-bond donors (Lipinski definition) is 0. The zero-order chi connectivity index (χ0) is 47.8. The van der Waals surface area contributed by atoms with E-state index < -0.39 is 0 Å². The minimum atomic E-state index is 0.573. The molecule has 10 rings (SSSR count). The molecule has 0 fully saturated rings. The number of nitrogens with zero attached hydrogens (tertiary/aromatic N) is 2. The van der Waals surface area contributed by atoms with Crippen LogP contribution in [0.15, 0.2) is 255 Å². The standard InChI is InChI=1S/C68H60N2/c1-49(2)46-51-20-45-68(61(48-51)47-50(3)4)60-31-43-67(44-32-60)70(64-37-25-57(26-38-64)54-18-12-7-13-19-54)66-41-29-59(30-42-66)58-27-39-65(40-28-58)69(62-33-21-55(22-34-62)52-14-8-5-9-15-52)63-35-23-56(24-36-63)53-16-10-6-11-17-53/h5-45,48-50H,46-47H2,1-4H3. The summed E-state index contributed by atoms with van der Waals surface area (Å²) in [4.78, 5) is 4.71. The molecule has 70 heavy (non-hydrogen) atoms. The SMILES string of the molecule is CC(C)Cc1ccc(-c2ccc(N(c3ccc(-c4ccccc4)cc3)c3ccc(-c4ccc(N(c5ccc(-c6ccccc6)cc5)c5ccc(-c6ccccc6)cc5)cc4)cc3)cc2)c(CC(C)C)c1. The molecule has 0 unspecified atom stereocenters. The lowest BCUT2D eigenvalue weighted by atomic mass is 9.90. The third-order valence-electron chi connectivity index (χ3n) is 13.2. The second kappa shape index (κ2) is 21.0. The van der Waals surface area contributed by atoms with E-state index in [9.17, 15) is 0 Å². The first-order chi connectivity index (χ1) is 34.3. The Morgan fingerprint density at radius 3 is 0.786 bits per heavy atom. The summed E-state index contributed by atoms with van der Waals surface area (Å²) in [6.07, 6.45) is 2.16. The minimum absolute atomic E-state index is 0.573. The third-order valence-corrected chi connectivity index (χ3v) is 13.2. The van der Waals surface area contributed by atoms with Gasteiger partial charge in [-0.05, 0) is 164 Å². The van der Waals surface area contributed by atoms with E-state index in [0.717, 1.165) is 58.1 Å². The Kier molecular flexibility index (Phi) is 13.7. The molecule has 0 radical (unpaired) electrons. The molecule has 0 atom stereocenters. The molecule has 342 valence electrons. The zero-order valence-electron chi connectivity index (χ0n) is 40.7. The van der Waals surface area contributed by atoms with Gasteiger partial charge in [0.15, 0.2) is 0 Å². The predicted molar refractivity (Wildman–Crippen MR) is 300 cm³/mol. The molecule has 10 aromatic carbocycles. The van der Waals surface area contributed by atoms with E-state index in [0.29, 0.717) is 11.8 Å². The van der Waals surface area contributed by atoms with Crippen molar-refractivity contribution in [2.75, 3.05) is 9.80 Å². The van der Waals surface area contributed by atoms with Crippen molar-refractivity contribution in [2.24, 2.45) is 11.8 Å². The fraction of sp³-hybridized carbons (Fsp3) is 0.118. The van der Waals surface area contributed by atoms with Gasteiger partial charge in [0.2, 0.25) is 0 Å². The molecule has 2 nitrogen and oxygen atoms in total. The van der Waals surface area contributed by atoms with Crippen molar-refractivity contribution in [2.45, 2.75) is 40.5 Å². The highest BCUT2D eigenvalue weighted by molar-refractivity contribution is 5.84. The van der Waals surface area contributed by atoms with Crippen LogP contribution >= 0.6 is 0 Å². The maximum Gasteiger partial charge on any atom is 0.0462 e. The molecule has 0 saturated heterocycles. The van der Waals surface area contributed by atoms with Gasteiger partial charge in [0.05, 0.1) is 0 Å². The fourth-order valence-electron chi connectivity index (χ4n) is 9.73. The average molecular weight is 905 g/mol. The summed E-state index contributed by atoms with van der Waals surface area (Å²) in [5.74, 6) is 1.20. The van der Waals surface area contributed by atoms with Crippen molar-refractivity contribution in [3.8, 4) is 55.6 Å². The lowest BCUT2D eigenvalue weighted by molar-refractivity contribution is 0.636. The Labute approximate surface area is 415 Å². The average Bonchev–Trinajstić information content (AvgIpc) is 3.41. The van der Waals surface area contributed by atoms with E-state index in [-0.39, 0.29) is 0 Å². The van der Waals surface area contributed by atoms with Crippen LogP contribution in [0.1, 0.15) is 38.8 Å². The van der Waals surface area contributed by atoms with Crippen LogP contribution in [0.25, 0.3) is 55.6 Å². The monoisotopic (exact) mass is 904 g/mol. The largest absolute Gasteiger partial charge is 0.311 e. The van der Waals surface area contributed by atoms with Crippen molar-refractivity contribution >= 4 is 34.1 Å². The molecule has 0 aliphatic carbocycles. The Morgan fingerprint density at radius 1 is 0.257 bits per heavy atom. The van der Waals surface area contributed by atoms with E-state index in [4.69, 9.17) is 0 Å². The van der Waals surface area contributed by atoms with Crippen molar-refractivity contribution in [3.05, 3.63) is 266 Å². The van der Waals surface area contributed by atoms with Crippen LogP contribution in [0.3, 0.4) is 0 Å². The van der Waals surface area contributed by atoms with Crippen LogP contribution in [0.5, 0.6) is 0 Å². The van der Waals surface area contributed by atoms with Gasteiger partial charge in [-0.25, -0.2) is 0 Å². The van der Waals surface area contributed by atoms with E-state index in [2.05, 4.69) is 292 Å². The van der Waals surface area contributed by atoms with Crippen LogP contribution in [-0.2, 0) is 12.8 Å². The van der Waals surface area contributed by atoms with Gasteiger partial charge in [-0.3, -0.25) is 0 Å². The molecule has 0 spiro atoms. The van der Waals surface area contributed by atoms with Crippen molar-refractivity contribution in [3.63, 3.8) is 0 Å². The summed E-state index contributed by atoms with van der Waals surface area (Å²) in [6, 6.07) is 92.8.